The summed E-state index contributed by atoms with van der Waals surface area (Å²) in [6.45, 7) is 2.43. The fraction of sp³-hybridized carbons (Fsp3) is 1.00. The first kappa shape index (κ1) is 12.3. The third-order valence-corrected chi connectivity index (χ3v) is 3.90. The summed E-state index contributed by atoms with van der Waals surface area (Å²) >= 11 is 0. The Hall–Kier alpha value is -0.120. The van der Waals surface area contributed by atoms with Gasteiger partial charge in [-0.25, -0.2) is 0 Å². The van der Waals surface area contributed by atoms with E-state index >= 15 is 0 Å². The van der Waals surface area contributed by atoms with Gasteiger partial charge in [-0.05, 0) is 19.3 Å². The van der Waals surface area contributed by atoms with Crippen molar-refractivity contribution in [2.45, 2.75) is 57.1 Å². The first-order valence-electron chi connectivity index (χ1n) is 6.81. The summed E-state index contributed by atoms with van der Waals surface area (Å²) in [7, 11) is 0. The van der Waals surface area contributed by atoms with Crippen LogP contribution >= 0.6 is 0 Å². The van der Waals surface area contributed by atoms with E-state index in [0.29, 0.717) is 12.0 Å². The molecule has 0 aromatic rings. The minimum absolute atomic E-state index is 0.172. The van der Waals surface area contributed by atoms with E-state index in [1.165, 1.54) is 38.5 Å². The normalized spacial score (nSPS) is 30.2. The predicted molar refractivity (Wildman–Crippen MR) is 64.3 cm³/mol. The molecule has 94 valence electrons. The summed E-state index contributed by atoms with van der Waals surface area (Å²) in [5, 5.41) is 0. The summed E-state index contributed by atoms with van der Waals surface area (Å²) in [6, 6.07) is 0.172. The Bertz CT molecular complexity index is 182. The van der Waals surface area contributed by atoms with E-state index in [2.05, 4.69) is 0 Å². The maximum Gasteiger partial charge on any atom is 0.0624 e. The molecule has 1 heterocycles. The van der Waals surface area contributed by atoms with Crippen LogP contribution in [0.15, 0.2) is 0 Å². The molecule has 0 radical (unpaired) electrons. The third kappa shape index (κ3) is 3.72. The van der Waals surface area contributed by atoms with Gasteiger partial charge in [0, 0.05) is 18.6 Å². The number of hydrogen-bond acceptors (Lipinski definition) is 3. The molecule has 2 rings (SSSR count). The van der Waals surface area contributed by atoms with E-state index < -0.39 is 0 Å². The molecule has 1 saturated heterocycles. The molecule has 0 spiro atoms. The zero-order chi connectivity index (χ0) is 11.2. The summed E-state index contributed by atoms with van der Waals surface area (Å²) in [5.41, 5.74) is 6.13. The molecule has 0 aromatic heterocycles. The molecule has 0 bridgehead atoms. The molecule has 3 heteroatoms. The highest BCUT2D eigenvalue weighted by Gasteiger charge is 2.24. The van der Waals surface area contributed by atoms with Gasteiger partial charge in [0.25, 0.3) is 0 Å². The zero-order valence-corrected chi connectivity index (χ0v) is 10.2. The van der Waals surface area contributed by atoms with Gasteiger partial charge in [-0.2, -0.15) is 0 Å². The quantitative estimate of drug-likeness (QED) is 0.748. The number of ether oxygens (including phenoxy) is 2. The molecular weight excluding hydrogens is 202 g/mol. The highest BCUT2D eigenvalue weighted by atomic mass is 16.5. The van der Waals surface area contributed by atoms with Gasteiger partial charge in [0.2, 0.25) is 0 Å². The molecule has 0 amide bonds. The maximum atomic E-state index is 6.13. The largest absolute Gasteiger partial charge is 0.381 e. The molecule has 2 fully saturated rings. The van der Waals surface area contributed by atoms with Crippen molar-refractivity contribution in [3.8, 4) is 0 Å². The molecule has 2 N–H and O–H groups in total. The fourth-order valence-electron chi connectivity index (χ4n) is 2.68. The molecule has 1 saturated carbocycles. The summed E-state index contributed by atoms with van der Waals surface area (Å²) in [4.78, 5) is 0. The van der Waals surface area contributed by atoms with Crippen LogP contribution in [0.25, 0.3) is 0 Å². The van der Waals surface area contributed by atoms with Gasteiger partial charge in [0.05, 0.1) is 19.3 Å². The first-order chi connectivity index (χ1) is 7.86. The molecule has 3 nitrogen and oxygen atoms in total. The molecule has 16 heavy (non-hydrogen) atoms. The van der Waals surface area contributed by atoms with Crippen molar-refractivity contribution in [1.29, 1.82) is 0 Å². The van der Waals surface area contributed by atoms with E-state index in [9.17, 15) is 0 Å². The standard InChI is InChI=1S/C13H25NO2/c14-13(11-7-8-15-9-11)10-16-12-5-3-1-2-4-6-12/h11-13H,1-10,14H2. The Kier molecular flexibility index (Phi) is 5.07. The van der Waals surface area contributed by atoms with Gasteiger partial charge in [0.1, 0.15) is 0 Å². The Morgan fingerprint density at radius 3 is 2.50 bits per heavy atom. The molecular formula is C13H25NO2. The lowest BCUT2D eigenvalue weighted by Gasteiger charge is -2.21. The maximum absolute atomic E-state index is 6.13. The highest BCUT2D eigenvalue weighted by Crippen LogP contribution is 2.21. The average Bonchev–Trinajstić information content (AvgIpc) is 2.71. The fourth-order valence-corrected chi connectivity index (χ4v) is 2.68. The van der Waals surface area contributed by atoms with Crippen molar-refractivity contribution < 1.29 is 9.47 Å². The summed E-state index contributed by atoms with van der Waals surface area (Å²) in [5.74, 6) is 0.519. The van der Waals surface area contributed by atoms with Crippen LogP contribution in [-0.4, -0.2) is 32.0 Å². The molecule has 1 aliphatic heterocycles. The van der Waals surface area contributed by atoms with Crippen LogP contribution < -0.4 is 5.73 Å². The highest BCUT2D eigenvalue weighted by molar-refractivity contribution is 4.76. The predicted octanol–water partition coefficient (Wildman–Crippen LogP) is 2.09. The van der Waals surface area contributed by atoms with Gasteiger partial charge in [-0.15, -0.1) is 0 Å². The molecule has 2 unspecified atom stereocenters. The summed E-state index contributed by atoms with van der Waals surface area (Å²) in [6.07, 6.45) is 9.44. The van der Waals surface area contributed by atoms with E-state index in [1.807, 2.05) is 0 Å². The monoisotopic (exact) mass is 227 g/mol. The second-order valence-electron chi connectivity index (χ2n) is 5.23. The lowest BCUT2D eigenvalue weighted by molar-refractivity contribution is 0.0249. The lowest BCUT2D eigenvalue weighted by Crippen LogP contribution is -2.36. The van der Waals surface area contributed by atoms with E-state index in [4.69, 9.17) is 15.2 Å². The average molecular weight is 227 g/mol. The van der Waals surface area contributed by atoms with E-state index in [1.54, 1.807) is 0 Å². The molecule has 2 aliphatic rings. The number of hydrogen-bond donors (Lipinski definition) is 1. The Morgan fingerprint density at radius 2 is 1.88 bits per heavy atom. The lowest BCUT2D eigenvalue weighted by atomic mass is 10.0. The summed E-state index contributed by atoms with van der Waals surface area (Å²) < 4.78 is 11.3. The van der Waals surface area contributed by atoms with Crippen LogP contribution in [0, 0.1) is 5.92 Å². The van der Waals surface area contributed by atoms with Crippen molar-refractivity contribution >= 4 is 0 Å². The number of rotatable bonds is 4. The molecule has 2 atom stereocenters. The van der Waals surface area contributed by atoms with Gasteiger partial charge in [-0.1, -0.05) is 25.7 Å². The minimum atomic E-state index is 0.172. The van der Waals surface area contributed by atoms with Crippen LogP contribution in [0.4, 0.5) is 0 Å². The Balaban J connectivity index is 1.64. The number of nitrogens with two attached hydrogens (primary N) is 1. The van der Waals surface area contributed by atoms with Crippen LogP contribution in [0.1, 0.15) is 44.9 Å². The molecule has 1 aliphatic carbocycles. The van der Waals surface area contributed by atoms with Crippen LogP contribution in [0.5, 0.6) is 0 Å². The van der Waals surface area contributed by atoms with Crippen molar-refractivity contribution in [2.24, 2.45) is 11.7 Å². The second kappa shape index (κ2) is 6.58. The van der Waals surface area contributed by atoms with Crippen LogP contribution in [-0.2, 0) is 9.47 Å². The van der Waals surface area contributed by atoms with E-state index in [-0.39, 0.29) is 6.04 Å². The smallest absolute Gasteiger partial charge is 0.0624 e. The minimum Gasteiger partial charge on any atom is -0.381 e. The van der Waals surface area contributed by atoms with Gasteiger partial charge in [-0.3, -0.25) is 0 Å². The van der Waals surface area contributed by atoms with Gasteiger partial charge in [0.15, 0.2) is 0 Å². The Labute approximate surface area is 98.7 Å². The SMILES string of the molecule is NC(COC1CCCCCC1)C1CCOC1. The van der Waals surface area contributed by atoms with Gasteiger partial charge >= 0.3 is 0 Å². The van der Waals surface area contributed by atoms with Crippen molar-refractivity contribution in [1.82, 2.24) is 0 Å². The second-order valence-corrected chi connectivity index (χ2v) is 5.23. The van der Waals surface area contributed by atoms with Gasteiger partial charge < -0.3 is 15.2 Å². The van der Waals surface area contributed by atoms with Crippen molar-refractivity contribution in [2.75, 3.05) is 19.8 Å². The van der Waals surface area contributed by atoms with Crippen LogP contribution in [0.3, 0.4) is 0 Å². The van der Waals surface area contributed by atoms with Crippen molar-refractivity contribution in [3.63, 3.8) is 0 Å². The third-order valence-electron chi connectivity index (χ3n) is 3.90. The van der Waals surface area contributed by atoms with Crippen LogP contribution in [0.2, 0.25) is 0 Å². The first-order valence-corrected chi connectivity index (χ1v) is 6.81. The zero-order valence-electron chi connectivity index (χ0n) is 10.2. The molecule has 0 aromatic carbocycles. The van der Waals surface area contributed by atoms with Crippen molar-refractivity contribution in [3.05, 3.63) is 0 Å². The van der Waals surface area contributed by atoms with E-state index in [0.717, 1.165) is 26.2 Å². The topological polar surface area (TPSA) is 44.5 Å². The Morgan fingerprint density at radius 1 is 1.12 bits per heavy atom.